The van der Waals surface area contributed by atoms with E-state index in [9.17, 15) is 5.26 Å². The van der Waals surface area contributed by atoms with Crippen molar-refractivity contribution >= 4 is 0 Å². The molecule has 0 radical (unpaired) electrons. The maximum atomic E-state index is 9.43. The first kappa shape index (κ1) is 15.9. The molecule has 0 amide bonds. The SMILES string of the molecule is Cc1ccc(C(C)(C)C)c(OCC(C)(C#N)NC2CC2)c1. The van der Waals surface area contributed by atoms with Gasteiger partial charge in [-0.25, -0.2) is 0 Å². The lowest BCUT2D eigenvalue weighted by atomic mass is 9.86. The van der Waals surface area contributed by atoms with E-state index in [1.54, 1.807) is 0 Å². The molecule has 0 spiro atoms. The van der Waals surface area contributed by atoms with Crippen molar-refractivity contribution < 1.29 is 4.74 Å². The largest absolute Gasteiger partial charge is 0.490 e. The number of rotatable bonds is 5. The van der Waals surface area contributed by atoms with E-state index in [0.29, 0.717) is 12.6 Å². The molecule has 0 aromatic heterocycles. The molecule has 1 fully saturated rings. The molecule has 3 heteroatoms. The molecule has 0 heterocycles. The molecule has 1 aromatic rings. The number of hydrogen-bond donors (Lipinski definition) is 1. The van der Waals surface area contributed by atoms with Crippen LogP contribution < -0.4 is 10.1 Å². The van der Waals surface area contributed by atoms with Gasteiger partial charge < -0.3 is 4.74 Å². The number of benzene rings is 1. The smallest absolute Gasteiger partial charge is 0.138 e. The third-order valence-electron chi connectivity index (χ3n) is 3.81. The lowest BCUT2D eigenvalue weighted by molar-refractivity contribution is 0.228. The molecule has 0 aliphatic heterocycles. The van der Waals surface area contributed by atoms with Crippen molar-refractivity contribution in [2.24, 2.45) is 0 Å². The van der Waals surface area contributed by atoms with Crippen LogP contribution in [0.15, 0.2) is 18.2 Å². The molecule has 1 atom stereocenters. The van der Waals surface area contributed by atoms with Gasteiger partial charge in [-0.2, -0.15) is 5.26 Å². The lowest BCUT2D eigenvalue weighted by Crippen LogP contribution is -2.47. The van der Waals surface area contributed by atoms with Gasteiger partial charge in [-0.05, 0) is 49.3 Å². The van der Waals surface area contributed by atoms with E-state index in [0.717, 1.165) is 18.6 Å². The Labute approximate surface area is 128 Å². The Morgan fingerprint density at radius 1 is 1.29 bits per heavy atom. The zero-order chi connectivity index (χ0) is 15.7. The molecule has 1 unspecified atom stereocenters. The molecule has 114 valence electrons. The van der Waals surface area contributed by atoms with Crippen molar-refractivity contribution in [2.45, 2.75) is 64.5 Å². The van der Waals surface area contributed by atoms with Crippen LogP contribution in [0, 0.1) is 18.3 Å². The average molecular weight is 286 g/mol. The summed E-state index contributed by atoms with van der Waals surface area (Å²) in [7, 11) is 0. The topological polar surface area (TPSA) is 45.0 Å². The Kier molecular flexibility index (Phi) is 4.30. The minimum Gasteiger partial charge on any atom is -0.490 e. The second kappa shape index (κ2) is 5.69. The molecule has 2 rings (SSSR count). The predicted molar refractivity (Wildman–Crippen MR) is 85.5 cm³/mol. The van der Waals surface area contributed by atoms with E-state index in [4.69, 9.17) is 4.74 Å². The highest BCUT2D eigenvalue weighted by Gasteiger charge is 2.33. The maximum Gasteiger partial charge on any atom is 0.138 e. The van der Waals surface area contributed by atoms with Crippen LogP contribution in [0.2, 0.25) is 0 Å². The Morgan fingerprint density at radius 3 is 2.48 bits per heavy atom. The molecule has 1 aliphatic rings. The van der Waals surface area contributed by atoms with Gasteiger partial charge in [0.25, 0.3) is 0 Å². The summed E-state index contributed by atoms with van der Waals surface area (Å²) in [5.41, 5.74) is 1.75. The summed E-state index contributed by atoms with van der Waals surface area (Å²) < 4.78 is 6.04. The fraction of sp³-hybridized carbons (Fsp3) is 0.611. The molecule has 1 N–H and O–H groups in total. The fourth-order valence-corrected chi connectivity index (χ4v) is 2.38. The highest BCUT2D eigenvalue weighted by atomic mass is 16.5. The van der Waals surface area contributed by atoms with E-state index >= 15 is 0 Å². The molecular weight excluding hydrogens is 260 g/mol. The molecule has 1 aromatic carbocycles. The van der Waals surface area contributed by atoms with Crippen LogP contribution >= 0.6 is 0 Å². The highest BCUT2D eigenvalue weighted by molar-refractivity contribution is 5.41. The van der Waals surface area contributed by atoms with Gasteiger partial charge in [-0.1, -0.05) is 32.9 Å². The summed E-state index contributed by atoms with van der Waals surface area (Å²) in [5.74, 6) is 0.890. The second-order valence-electron chi connectivity index (χ2n) is 7.40. The third-order valence-corrected chi connectivity index (χ3v) is 3.81. The van der Waals surface area contributed by atoms with Crippen LogP contribution in [0.4, 0.5) is 0 Å². The number of aryl methyl sites for hydroxylation is 1. The molecule has 1 saturated carbocycles. The van der Waals surface area contributed by atoms with E-state index in [1.807, 2.05) is 6.92 Å². The summed E-state index contributed by atoms with van der Waals surface area (Å²) >= 11 is 0. The first-order chi connectivity index (χ1) is 9.73. The van der Waals surface area contributed by atoms with Gasteiger partial charge in [0, 0.05) is 6.04 Å². The summed E-state index contributed by atoms with van der Waals surface area (Å²) in [5, 5.41) is 12.8. The Morgan fingerprint density at radius 2 is 1.95 bits per heavy atom. The van der Waals surface area contributed by atoms with Crippen LogP contribution in [0.1, 0.15) is 51.7 Å². The Hall–Kier alpha value is -1.53. The summed E-state index contributed by atoms with van der Waals surface area (Å²) in [6.45, 7) is 10.9. The van der Waals surface area contributed by atoms with Crippen LogP contribution in [0.5, 0.6) is 5.75 Å². The maximum absolute atomic E-state index is 9.43. The van der Waals surface area contributed by atoms with Crippen molar-refractivity contribution in [2.75, 3.05) is 6.61 Å². The van der Waals surface area contributed by atoms with Crippen molar-refractivity contribution in [1.29, 1.82) is 5.26 Å². The molecule has 0 saturated heterocycles. The normalized spacial score (nSPS) is 17.9. The van der Waals surface area contributed by atoms with Crippen molar-refractivity contribution in [3.8, 4) is 11.8 Å². The van der Waals surface area contributed by atoms with E-state index < -0.39 is 5.54 Å². The van der Waals surface area contributed by atoms with Crippen LogP contribution in [-0.4, -0.2) is 18.2 Å². The van der Waals surface area contributed by atoms with E-state index in [-0.39, 0.29) is 5.41 Å². The zero-order valence-electron chi connectivity index (χ0n) is 13.8. The first-order valence-electron chi connectivity index (χ1n) is 7.66. The summed E-state index contributed by atoms with van der Waals surface area (Å²) in [6, 6.07) is 9.14. The number of hydrogen-bond acceptors (Lipinski definition) is 3. The third kappa shape index (κ3) is 4.22. The molecule has 1 aliphatic carbocycles. The summed E-state index contributed by atoms with van der Waals surface area (Å²) in [4.78, 5) is 0. The fourth-order valence-electron chi connectivity index (χ4n) is 2.38. The molecular formula is C18H26N2O. The Balaban J connectivity index is 2.15. The number of nitrogens with zero attached hydrogens (tertiary/aromatic N) is 1. The number of nitrogens with one attached hydrogen (secondary N) is 1. The average Bonchev–Trinajstić information content (AvgIpc) is 3.19. The highest BCUT2D eigenvalue weighted by Crippen LogP contribution is 2.32. The van der Waals surface area contributed by atoms with Crippen LogP contribution in [0.25, 0.3) is 0 Å². The van der Waals surface area contributed by atoms with Gasteiger partial charge in [-0.15, -0.1) is 0 Å². The number of ether oxygens (including phenoxy) is 1. The van der Waals surface area contributed by atoms with Gasteiger partial charge in [0.05, 0.1) is 6.07 Å². The molecule has 0 bridgehead atoms. The molecule has 21 heavy (non-hydrogen) atoms. The van der Waals surface area contributed by atoms with Gasteiger partial charge in [0.15, 0.2) is 0 Å². The van der Waals surface area contributed by atoms with Gasteiger partial charge in [-0.3, -0.25) is 5.32 Å². The van der Waals surface area contributed by atoms with Crippen molar-refractivity contribution in [3.05, 3.63) is 29.3 Å². The molecule has 3 nitrogen and oxygen atoms in total. The van der Waals surface area contributed by atoms with Gasteiger partial charge >= 0.3 is 0 Å². The lowest BCUT2D eigenvalue weighted by Gasteiger charge is -2.27. The zero-order valence-corrected chi connectivity index (χ0v) is 13.8. The first-order valence-corrected chi connectivity index (χ1v) is 7.66. The van der Waals surface area contributed by atoms with Crippen molar-refractivity contribution in [3.63, 3.8) is 0 Å². The minimum atomic E-state index is -0.625. The van der Waals surface area contributed by atoms with Crippen LogP contribution in [-0.2, 0) is 5.41 Å². The standard InChI is InChI=1S/C18H26N2O/c1-13-6-9-15(17(2,3)4)16(10-13)21-12-18(5,11-19)20-14-7-8-14/h6,9-10,14,20H,7-8,12H2,1-5H3. The second-order valence-corrected chi connectivity index (χ2v) is 7.40. The van der Waals surface area contributed by atoms with Crippen LogP contribution in [0.3, 0.4) is 0 Å². The Bertz CT molecular complexity index is 549. The monoisotopic (exact) mass is 286 g/mol. The van der Waals surface area contributed by atoms with Crippen molar-refractivity contribution in [1.82, 2.24) is 5.32 Å². The quantitative estimate of drug-likeness (QED) is 0.897. The predicted octanol–water partition coefficient (Wildman–Crippen LogP) is 3.71. The van der Waals surface area contributed by atoms with E-state index in [1.165, 1.54) is 11.1 Å². The number of nitriles is 1. The minimum absolute atomic E-state index is 0.0238. The van der Waals surface area contributed by atoms with Gasteiger partial charge in [0.1, 0.15) is 17.9 Å². The van der Waals surface area contributed by atoms with Gasteiger partial charge in [0.2, 0.25) is 0 Å². The summed E-state index contributed by atoms with van der Waals surface area (Å²) in [6.07, 6.45) is 2.32. The van der Waals surface area contributed by atoms with E-state index in [2.05, 4.69) is 57.3 Å².